The van der Waals surface area contributed by atoms with Gasteiger partial charge in [0.2, 0.25) is 0 Å². The average Bonchev–Trinajstić information content (AvgIpc) is 3.49. The second-order valence-corrected chi connectivity index (χ2v) is 12.3. The highest BCUT2D eigenvalue weighted by Crippen LogP contribution is 2.50. The van der Waals surface area contributed by atoms with Gasteiger partial charge in [-0.1, -0.05) is 152 Å². The Kier molecular flexibility index (Phi) is 6.68. The van der Waals surface area contributed by atoms with Gasteiger partial charge in [0.1, 0.15) is 0 Å². The standard InChI is InChI=1S/C46H33N/c1-5-17-32(18-6-1)43-39-30-29-36(47-41-27-15-13-25-37(41)38-26-14-16-28-42(38)47)31-40(39)44(33-19-7-2-8-20-33)46(35-23-11-4-12-24-35)45(43)34-21-9-3-10-22-34/h1-2,4-9,11-31H,3,10H2. The molecule has 0 spiro atoms. The summed E-state index contributed by atoms with van der Waals surface area (Å²) in [7, 11) is 0. The lowest BCUT2D eigenvalue weighted by molar-refractivity contribution is 1.04. The Morgan fingerprint density at radius 2 is 0.894 bits per heavy atom. The van der Waals surface area contributed by atoms with Crippen molar-refractivity contribution >= 4 is 38.2 Å². The van der Waals surface area contributed by atoms with E-state index < -0.39 is 0 Å². The minimum Gasteiger partial charge on any atom is -0.309 e. The molecule has 1 aromatic heterocycles. The summed E-state index contributed by atoms with van der Waals surface area (Å²) < 4.78 is 2.43. The van der Waals surface area contributed by atoms with Gasteiger partial charge in [-0.15, -0.1) is 0 Å². The molecule has 47 heavy (non-hydrogen) atoms. The van der Waals surface area contributed by atoms with E-state index in [2.05, 4.69) is 181 Å². The average molecular weight is 600 g/mol. The maximum Gasteiger partial charge on any atom is 0.0541 e. The van der Waals surface area contributed by atoms with Gasteiger partial charge in [-0.05, 0) is 92.4 Å². The highest BCUT2D eigenvalue weighted by molar-refractivity contribution is 6.17. The van der Waals surface area contributed by atoms with Crippen molar-refractivity contribution in [3.05, 3.63) is 182 Å². The monoisotopic (exact) mass is 599 g/mol. The van der Waals surface area contributed by atoms with Crippen molar-refractivity contribution < 1.29 is 0 Å². The molecule has 0 unspecified atom stereocenters. The first-order valence-corrected chi connectivity index (χ1v) is 16.5. The van der Waals surface area contributed by atoms with Crippen LogP contribution in [0.2, 0.25) is 0 Å². The number of para-hydroxylation sites is 2. The molecule has 1 heteroatoms. The summed E-state index contributed by atoms with van der Waals surface area (Å²) in [5.41, 5.74) is 13.7. The number of rotatable bonds is 5. The topological polar surface area (TPSA) is 4.93 Å². The van der Waals surface area contributed by atoms with Crippen LogP contribution in [0.1, 0.15) is 18.4 Å². The molecular weight excluding hydrogens is 567 g/mol. The van der Waals surface area contributed by atoms with Crippen LogP contribution in [0.25, 0.3) is 77.2 Å². The van der Waals surface area contributed by atoms with E-state index in [1.807, 2.05) is 0 Å². The molecule has 0 saturated carbocycles. The summed E-state index contributed by atoms with van der Waals surface area (Å²) in [6.07, 6.45) is 9.22. The van der Waals surface area contributed by atoms with Crippen molar-refractivity contribution in [2.75, 3.05) is 0 Å². The Morgan fingerprint density at radius 1 is 0.383 bits per heavy atom. The summed E-state index contributed by atoms with van der Waals surface area (Å²) in [6, 6.07) is 57.6. The minimum atomic E-state index is 1.04. The Bertz CT molecular complexity index is 2430. The molecule has 9 rings (SSSR count). The number of allylic oxidation sites excluding steroid dienone is 4. The first kappa shape index (κ1) is 27.4. The first-order valence-electron chi connectivity index (χ1n) is 16.5. The molecular formula is C46H33N. The Hall–Kier alpha value is -5.92. The maximum atomic E-state index is 2.43. The minimum absolute atomic E-state index is 1.04. The highest BCUT2D eigenvalue weighted by atomic mass is 15.0. The van der Waals surface area contributed by atoms with Crippen LogP contribution in [0.3, 0.4) is 0 Å². The van der Waals surface area contributed by atoms with Gasteiger partial charge < -0.3 is 4.57 Å². The molecule has 1 heterocycles. The number of hydrogen-bond acceptors (Lipinski definition) is 0. The zero-order valence-corrected chi connectivity index (χ0v) is 26.1. The van der Waals surface area contributed by atoms with Crippen molar-refractivity contribution in [1.82, 2.24) is 4.57 Å². The summed E-state index contributed by atoms with van der Waals surface area (Å²) in [5, 5.41) is 5.05. The van der Waals surface area contributed by atoms with E-state index in [4.69, 9.17) is 0 Å². The van der Waals surface area contributed by atoms with Gasteiger partial charge in [-0.3, -0.25) is 0 Å². The molecule has 8 aromatic rings. The van der Waals surface area contributed by atoms with E-state index in [1.165, 1.54) is 77.1 Å². The van der Waals surface area contributed by atoms with Gasteiger partial charge in [-0.2, -0.15) is 0 Å². The van der Waals surface area contributed by atoms with Crippen LogP contribution in [0.5, 0.6) is 0 Å². The van der Waals surface area contributed by atoms with Crippen LogP contribution >= 0.6 is 0 Å². The fourth-order valence-electron chi connectivity index (χ4n) is 7.61. The van der Waals surface area contributed by atoms with Gasteiger partial charge in [0, 0.05) is 16.5 Å². The molecule has 0 N–H and O–H groups in total. The maximum absolute atomic E-state index is 2.43. The van der Waals surface area contributed by atoms with Gasteiger partial charge in [-0.25, -0.2) is 0 Å². The molecule has 0 atom stereocenters. The molecule has 7 aromatic carbocycles. The van der Waals surface area contributed by atoms with Crippen LogP contribution in [0, 0.1) is 0 Å². The number of aromatic nitrogens is 1. The lowest BCUT2D eigenvalue weighted by atomic mass is 9.78. The lowest BCUT2D eigenvalue weighted by Crippen LogP contribution is -2.02. The van der Waals surface area contributed by atoms with E-state index in [1.54, 1.807) is 0 Å². The summed E-state index contributed by atoms with van der Waals surface area (Å²) in [5.74, 6) is 0. The van der Waals surface area contributed by atoms with Gasteiger partial charge >= 0.3 is 0 Å². The molecule has 0 fully saturated rings. The third-order valence-electron chi connectivity index (χ3n) is 9.60. The first-order chi connectivity index (χ1) is 23.4. The zero-order valence-electron chi connectivity index (χ0n) is 26.1. The Labute approximate surface area is 275 Å². The van der Waals surface area contributed by atoms with Gasteiger partial charge in [0.25, 0.3) is 0 Å². The predicted molar refractivity (Wildman–Crippen MR) is 201 cm³/mol. The van der Waals surface area contributed by atoms with Crippen LogP contribution in [-0.4, -0.2) is 4.57 Å². The van der Waals surface area contributed by atoms with Crippen LogP contribution in [0.4, 0.5) is 0 Å². The van der Waals surface area contributed by atoms with E-state index in [0.29, 0.717) is 0 Å². The second-order valence-electron chi connectivity index (χ2n) is 12.3. The number of fused-ring (bicyclic) bond motifs is 4. The quantitative estimate of drug-likeness (QED) is 0.185. The molecule has 1 aliphatic rings. The fraction of sp³-hybridized carbons (Fsp3) is 0.0435. The Morgan fingerprint density at radius 3 is 1.45 bits per heavy atom. The molecule has 222 valence electrons. The normalized spacial score (nSPS) is 13.0. The van der Waals surface area contributed by atoms with E-state index in [0.717, 1.165) is 18.5 Å². The van der Waals surface area contributed by atoms with Crippen molar-refractivity contribution in [1.29, 1.82) is 0 Å². The van der Waals surface area contributed by atoms with E-state index in [-0.39, 0.29) is 0 Å². The van der Waals surface area contributed by atoms with Crippen molar-refractivity contribution in [3.63, 3.8) is 0 Å². The van der Waals surface area contributed by atoms with E-state index >= 15 is 0 Å². The predicted octanol–water partition coefficient (Wildman–Crippen LogP) is 12.7. The molecule has 0 saturated heterocycles. The highest BCUT2D eigenvalue weighted by Gasteiger charge is 2.25. The summed E-state index contributed by atoms with van der Waals surface area (Å²) >= 11 is 0. The fourth-order valence-corrected chi connectivity index (χ4v) is 7.61. The SMILES string of the molecule is C1=CC(c2c(-c3ccccc3)c(-c3ccccc3)c3cc(-n4c5ccccc5c5ccccc54)ccc3c2-c2ccccc2)=CCC1. The van der Waals surface area contributed by atoms with Crippen molar-refractivity contribution in [2.45, 2.75) is 12.8 Å². The van der Waals surface area contributed by atoms with Crippen LogP contribution in [-0.2, 0) is 0 Å². The van der Waals surface area contributed by atoms with Crippen molar-refractivity contribution in [3.8, 4) is 39.1 Å². The summed E-state index contributed by atoms with van der Waals surface area (Å²) in [4.78, 5) is 0. The van der Waals surface area contributed by atoms with E-state index in [9.17, 15) is 0 Å². The zero-order chi connectivity index (χ0) is 31.2. The molecule has 1 nitrogen and oxygen atoms in total. The molecule has 0 amide bonds. The molecule has 1 aliphatic carbocycles. The molecule has 0 aliphatic heterocycles. The smallest absolute Gasteiger partial charge is 0.0541 e. The summed E-state index contributed by atoms with van der Waals surface area (Å²) in [6.45, 7) is 0. The van der Waals surface area contributed by atoms with Crippen molar-refractivity contribution in [2.24, 2.45) is 0 Å². The lowest BCUT2D eigenvalue weighted by Gasteiger charge is -2.26. The third kappa shape index (κ3) is 4.55. The number of hydrogen-bond donors (Lipinski definition) is 0. The molecule has 0 radical (unpaired) electrons. The van der Waals surface area contributed by atoms with Crippen LogP contribution in [0.15, 0.2) is 176 Å². The number of nitrogens with zero attached hydrogens (tertiary/aromatic N) is 1. The largest absolute Gasteiger partial charge is 0.309 e. The third-order valence-corrected chi connectivity index (χ3v) is 9.60. The Balaban J connectivity index is 1.49. The van der Waals surface area contributed by atoms with Gasteiger partial charge in [0.05, 0.1) is 11.0 Å². The van der Waals surface area contributed by atoms with Gasteiger partial charge in [0.15, 0.2) is 0 Å². The molecule has 0 bridgehead atoms. The number of benzene rings is 7. The van der Waals surface area contributed by atoms with Crippen LogP contribution < -0.4 is 0 Å². The second kappa shape index (κ2) is 11.5.